The molecule has 100 valence electrons. The minimum atomic E-state index is -0.665. The van der Waals surface area contributed by atoms with Gasteiger partial charge in [0, 0.05) is 23.9 Å². The van der Waals surface area contributed by atoms with Gasteiger partial charge in [-0.1, -0.05) is 11.3 Å². The molecule has 1 heterocycles. The van der Waals surface area contributed by atoms with Gasteiger partial charge in [0.2, 0.25) is 0 Å². The van der Waals surface area contributed by atoms with E-state index < -0.39 is 10.7 Å². The Morgan fingerprint density at radius 3 is 2.84 bits per heavy atom. The highest BCUT2D eigenvalue weighted by Gasteiger charge is 2.14. The fraction of sp³-hybridized carbons (Fsp3) is 0.273. The topological polar surface area (TPSA) is 68.9 Å². The lowest BCUT2D eigenvalue weighted by molar-refractivity contribution is -0.385. The maximum absolute atomic E-state index is 13.3. The zero-order chi connectivity index (χ0) is 13.8. The van der Waals surface area contributed by atoms with Gasteiger partial charge >= 0.3 is 0 Å². The van der Waals surface area contributed by atoms with E-state index >= 15 is 0 Å². The number of benzene rings is 1. The van der Waals surface area contributed by atoms with E-state index in [1.165, 1.54) is 23.5 Å². The van der Waals surface area contributed by atoms with E-state index in [4.69, 9.17) is 11.6 Å². The molecule has 5 nitrogen and oxygen atoms in total. The van der Waals surface area contributed by atoms with Gasteiger partial charge < -0.3 is 0 Å². The van der Waals surface area contributed by atoms with Gasteiger partial charge in [0.1, 0.15) is 15.8 Å². The minimum absolute atomic E-state index is 0.299. The summed E-state index contributed by atoms with van der Waals surface area (Å²) in [7, 11) is 0. The van der Waals surface area contributed by atoms with Crippen LogP contribution < -0.4 is 0 Å². The number of alkyl halides is 1. The highest BCUT2D eigenvalue weighted by atomic mass is 35.5. The predicted octanol–water partition coefficient (Wildman–Crippen LogP) is 3.42. The summed E-state index contributed by atoms with van der Waals surface area (Å²) in [6.07, 6.45) is 1.47. The summed E-state index contributed by atoms with van der Waals surface area (Å²) in [6.45, 7) is 0. The maximum Gasteiger partial charge on any atom is 0.273 e. The van der Waals surface area contributed by atoms with Crippen LogP contribution in [0.1, 0.15) is 11.4 Å². The van der Waals surface area contributed by atoms with Crippen LogP contribution in [0, 0.1) is 15.9 Å². The van der Waals surface area contributed by atoms with E-state index in [1.807, 2.05) is 0 Å². The highest BCUT2D eigenvalue weighted by Crippen LogP contribution is 2.28. The first-order valence-electron chi connectivity index (χ1n) is 5.44. The van der Waals surface area contributed by atoms with Crippen LogP contribution in [0.4, 0.5) is 10.1 Å². The molecule has 0 bridgehead atoms. The van der Waals surface area contributed by atoms with Gasteiger partial charge in [0.15, 0.2) is 0 Å². The van der Waals surface area contributed by atoms with E-state index in [9.17, 15) is 14.5 Å². The average molecular weight is 302 g/mol. The quantitative estimate of drug-likeness (QED) is 0.482. The number of aromatic nitrogens is 2. The molecule has 0 aliphatic heterocycles. The van der Waals surface area contributed by atoms with Gasteiger partial charge in [-0.15, -0.1) is 21.8 Å². The summed E-state index contributed by atoms with van der Waals surface area (Å²) in [5.74, 6) is -0.137. The first kappa shape index (κ1) is 13.8. The molecular formula is C11H9ClFN3O2S. The van der Waals surface area contributed by atoms with Crippen molar-refractivity contribution in [3.63, 3.8) is 0 Å². The van der Waals surface area contributed by atoms with E-state index in [-0.39, 0.29) is 5.69 Å². The Balaban J connectivity index is 2.30. The molecule has 1 aromatic carbocycles. The molecule has 19 heavy (non-hydrogen) atoms. The van der Waals surface area contributed by atoms with Crippen molar-refractivity contribution in [1.29, 1.82) is 0 Å². The van der Waals surface area contributed by atoms with Crippen LogP contribution in [0.3, 0.4) is 0 Å². The lowest BCUT2D eigenvalue weighted by atomic mass is 10.2. The molecule has 0 aliphatic carbocycles. The van der Waals surface area contributed by atoms with Crippen LogP contribution in [0.25, 0.3) is 10.6 Å². The maximum atomic E-state index is 13.3. The number of nitro benzene ring substituents is 1. The molecule has 2 aromatic rings. The number of nitro groups is 1. The monoisotopic (exact) mass is 301 g/mol. The van der Waals surface area contributed by atoms with Gasteiger partial charge in [-0.25, -0.2) is 4.39 Å². The van der Waals surface area contributed by atoms with Gasteiger partial charge in [0.25, 0.3) is 5.69 Å². The summed E-state index contributed by atoms with van der Waals surface area (Å²) >= 11 is 6.87. The van der Waals surface area contributed by atoms with E-state index in [1.54, 1.807) is 0 Å². The molecule has 0 aliphatic rings. The fourth-order valence-corrected chi connectivity index (χ4v) is 2.49. The van der Waals surface area contributed by atoms with Crippen molar-refractivity contribution in [1.82, 2.24) is 10.2 Å². The van der Waals surface area contributed by atoms with Gasteiger partial charge in [-0.05, 0) is 12.5 Å². The number of aryl methyl sites for hydroxylation is 1. The number of nitrogens with zero attached hydrogens (tertiary/aromatic N) is 3. The van der Waals surface area contributed by atoms with Crippen molar-refractivity contribution < 1.29 is 9.31 Å². The van der Waals surface area contributed by atoms with Crippen molar-refractivity contribution >= 4 is 28.6 Å². The summed E-state index contributed by atoms with van der Waals surface area (Å²) < 4.78 is 13.3. The van der Waals surface area contributed by atoms with Crippen molar-refractivity contribution in [3.8, 4) is 10.6 Å². The summed E-state index contributed by atoms with van der Waals surface area (Å²) in [6, 6.07) is 3.37. The molecule has 0 saturated heterocycles. The van der Waals surface area contributed by atoms with Crippen LogP contribution in [0.15, 0.2) is 18.2 Å². The Morgan fingerprint density at radius 1 is 1.37 bits per heavy atom. The zero-order valence-electron chi connectivity index (χ0n) is 9.68. The van der Waals surface area contributed by atoms with Crippen molar-refractivity contribution in [3.05, 3.63) is 39.1 Å². The third kappa shape index (κ3) is 3.45. The summed E-state index contributed by atoms with van der Waals surface area (Å²) in [4.78, 5) is 10.0. The number of hydrogen-bond donors (Lipinski definition) is 0. The lowest BCUT2D eigenvalue weighted by Gasteiger charge is -1.97. The van der Waals surface area contributed by atoms with Crippen molar-refractivity contribution in [2.75, 3.05) is 5.88 Å². The number of hydrogen-bond acceptors (Lipinski definition) is 5. The molecule has 0 spiro atoms. The molecule has 2 rings (SSSR count). The van der Waals surface area contributed by atoms with Crippen molar-refractivity contribution in [2.24, 2.45) is 0 Å². The predicted molar refractivity (Wildman–Crippen MR) is 71.0 cm³/mol. The van der Waals surface area contributed by atoms with Crippen molar-refractivity contribution in [2.45, 2.75) is 12.8 Å². The smallest absolute Gasteiger partial charge is 0.258 e. The standard InChI is InChI=1S/C11H9ClFN3O2S/c12-3-1-2-10-14-15-11(19-10)7-4-8(13)6-9(5-7)16(17)18/h4-6H,1-3H2. The molecule has 8 heteroatoms. The lowest BCUT2D eigenvalue weighted by Crippen LogP contribution is -1.90. The number of halogens is 2. The van der Waals surface area contributed by atoms with Crippen LogP contribution in [0.2, 0.25) is 0 Å². The minimum Gasteiger partial charge on any atom is -0.258 e. The molecule has 0 saturated carbocycles. The first-order valence-corrected chi connectivity index (χ1v) is 6.79. The molecular weight excluding hydrogens is 293 g/mol. The molecule has 0 atom stereocenters. The second-order valence-electron chi connectivity index (χ2n) is 3.75. The Morgan fingerprint density at radius 2 is 2.16 bits per heavy atom. The third-order valence-electron chi connectivity index (χ3n) is 2.33. The average Bonchev–Trinajstić information content (AvgIpc) is 2.84. The van der Waals surface area contributed by atoms with Gasteiger partial charge in [-0.2, -0.15) is 0 Å². The molecule has 0 radical (unpaired) electrons. The van der Waals surface area contributed by atoms with Gasteiger partial charge in [-0.3, -0.25) is 10.1 Å². The van der Waals surface area contributed by atoms with Crippen LogP contribution in [0.5, 0.6) is 0 Å². The van der Waals surface area contributed by atoms with E-state index in [0.29, 0.717) is 22.9 Å². The van der Waals surface area contributed by atoms with Gasteiger partial charge in [0.05, 0.1) is 11.0 Å². The Bertz CT molecular complexity index is 605. The normalized spacial score (nSPS) is 10.6. The second-order valence-corrected chi connectivity index (χ2v) is 5.19. The van der Waals surface area contributed by atoms with E-state index in [0.717, 1.165) is 17.5 Å². The zero-order valence-corrected chi connectivity index (χ0v) is 11.2. The molecule has 0 unspecified atom stereocenters. The number of non-ortho nitro benzene ring substituents is 1. The SMILES string of the molecule is O=[N+]([O-])c1cc(F)cc(-c2nnc(CCCCl)s2)c1. The molecule has 0 fully saturated rings. The molecule has 0 N–H and O–H groups in total. The Kier molecular flexibility index (Phi) is 4.39. The van der Waals surface area contributed by atoms with E-state index in [2.05, 4.69) is 10.2 Å². The largest absolute Gasteiger partial charge is 0.273 e. The second kappa shape index (κ2) is 6.03. The van der Waals surface area contributed by atoms with Crippen LogP contribution in [-0.2, 0) is 6.42 Å². The number of rotatable bonds is 5. The van der Waals surface area contributed by atoms with Crippen LogP contribution >= 0.6 is 22.9 Å². The third-order valence-corrected chi connectivity index (χ3v) is 3.63. The highest BCUT2D eigenvalue weighted by molar-refractivity contribution is 7.14. The fourth-order valence-electron chi connectivity index (χ4n) is 1.49. The first-order chi connectivity index (χ1) is 9.10. The summed E-state index contributed by atoms with van der Waals surface area (Å²) in [5, 5.41) is 19.8. The molecule has 0 amide bonds. The Labute approximate surface area is 117 Å². The van der Waals surface area contributed by atoms with Crippen LogP contribution in [-0.4, -0.2) is 21.0 Å². The molecule has 1 aromatic heterocycles. The Hall–Kier alpha value is -1.60. The summed E-state index contributed by atoms with van der Waals surface area (Å²) in [5.41, 5.74) is 0.0637.